The van der Waals surface area contributed by atoms with Crippen molar-refractivity contribution in [3.63, 3.8) is 0 Å². The van der Waals surface area contributed by atoms with Gasteiger partial charge in [0.15, 0.2) is 0 Å². The summed E-state index contributed by atoms with van der Waals surface area (Å²) in [6.07, 6.45) is -1.44. The molecule has 0 saturated carbocycles. The number of ether oxygens (including phenoxy) is 3. The van der Waals surface area contributed by atoms with Crippen LogP contribution < -0.4 is 0 Å². The highest BCUT2D eigenvalue weighted by molar-refractivity contribution is 4.78. The Morgan fingerprint density at radius 3 is 1.38 bits per heavy atom. The fourth-order valence-electron chi connectivity index (χ4n) is 1.17. The summed E-state index contributed by atoms with van der Waals surface area (Å²) in [5, 5.41) is 17.9. The molecule has 0 rings (SSSR count). The van der Waals surface area contributed by atoms with E-state index < -0.39 is 18.3 Å². The van der Waals surface area contributed by atoms with Gasteiger partial charge in [0.2, 0.25) is 0 Å². The first-order valence-corrected chi connectivity index (χ1v) is 4.05. The predicted molar refractivity (Wildman–Crippen MR) is 46.6 cm³/mol. The van der Waals surface area contributed by atoms with Gasteiger partial charge in [-0.2, -0.15) is 0 Å². The van der Waals surface area contributed by atoms with Crippen molar-refractivity contribution in [1.29, 1.82) is 0 Å². The highest BCUT2D eigenvalue weighted by Gasteiger charge is 2.28. The van der Waals surface area contributed by atoms with Gasteiger partial charge in [0.05, 0.1) is 13.2 Å². The summed E-state index contributed by atoms with van der Waals surface area (Å²) in [6.45, 7) is -0.344. The van der Waals surface area contributed by atoms with Crippen LogP contribution in [0.3, 0.4) is 0 Å². The van der Waals surface area contributed by atoms with Crippen LogP contribution in [-0.4, -0.2) is 63.1 Å². The van der Waals surface area contributed by atoms with Crippen molar-refractivity contribution in [3.05, 3.63) is 0 Å². The minimum atomic E-state index is -0.484. The van der Waals surface area contributed by atoms with Crippen molar-refractivity contribution in [2.24, 2.45) is 0 Å². The molecule has 0 spiro atoms. The maximum atomic E-state index is 8.93. The highest BCUT2D eigenvalue weighted by atomic mass is 16.6. The fourth-order valence-corrected chi connectivity index (χ4v) is 1.17. The largest absolute Gasteiger partial charge is 0.394 e. The van der Waals surface area contributed by atoms with Gasteiger partial charge in [-0.15, -0.1) is 0 Å². The lowest BCUT2D eigenvalue weighted by molar-refractivity contribution is -0.130. The van der Waals surface area contributed by atoms with Crippen molar-refractivity contribution in [1.82, 2.24) is 0 Å². The molecule has 0 radical (unpaired) electrons. The van der Waals surface area contributed by atoms with Crippen LogP contribution in [0.2, 0.25) is 0 Å². The summed E-state index contributed by atoms with van der Waals surface area (Å²) in [5.74, 6) is 0. The maximum Gasteiger partial charge on any atom is 0.114 e. The van der Waals surface area contributed by atoms with Gasteiger partial charge in [-0.25, -0.2) is 0 Å². The van der Waals surface area contributed by atoms with E-state index in [1.807, 2.05) is 0 Å². The Bertz CT molecular complexity index is 99.1. The van der Waals surface area contributed by atoms with Crippen molar-refractivity contribution in [2.75, 3.05) is 34.5 Å². The molecule has 0 heterocycles. The first-order valence-electron chi connectivity index (χ1n) is 4.05. The third-order valence-corrected chi connectivity index (χ3v) is 1.97. The third kappa shape index (κ3) is 3.58. The van der Waals surface area contributed by atoms with Crippen LogP contribution in [0.25, 0.3) is 0 Å². The topological polar surface area (TPSA) is 68.2 Å². The van der Waals surface area contributed by atoms with Crippen LogP contribution in [0.4, 0.5) is 0 Å². The minimum Gasteiger partial charge on any atom is -0.394 e. The molecule has 0 aliphatic heterocycles. The zero-order valence-electron chi connectivity index (χ0n) is 8.27. The van der Waals surface area contributed by atoms with E-state index in [4.69, 9.17) is 24.4 Å². The van der Waals surface area contributed by atoms with E-state index >= 15 is 0 Å². The molecule has 5 nitrogen and oxygen atoms in total. The van der Waals surface area contributed by atoms with Crippen LogP contribution in [0.15, 0.2) is 0 Å². The van der Waals surface area contributed by atoms with Gasteiger partial charge < -0.3 is 24.4 Å². The molecule has 0 bridgehead atoms. The summed E-state index contributed by atoms with van der Waals surface area (Å²) in [5.41, 5.74) is 0. The normalized spacial score (nSPS) is 18.2. The predicted octanol–water partition coefficient (Wildman–Crippen LogP) is -0.984. The van der Waals surface area contributed by atoms with E-state index in [0.717, 1.165) is 0 Å². The van der Waals surface area contributed by atoms with Crippen molar-refractivity contribution >= 4 is 0 Å². The fraction of sp³-hybridized carbons (Fsp3) is 1.00. The maximum absolute atomic E-state index is 8.93. The first-order chi connectivity index (χ1) is 6.24. The molecule has 0 aromatic rings. The molecule has 80 valence electrons. The molecule has 5 heteroatoms. The van der Waals surface area contributed by atoms with Gasteiger partial charge in [-0.1, -0.05) is 0 Å². The van der Waals surface area contributed by atoms with Crippen LogP contribution in [-0.2, 0) is 14.2 Å². The number of aliphatic hydroxyl groups excluding tert-OH is 2. The van der Waals surface area contributed by atoms with Gasteiger partial charge in [0, 0.05) is 21.3 Å². The Hall–Kier alpha value is -0.200. The molecule has 0 aromatic carbocycles. The summed E-state index contributed by atoms with van der Waals surface area (Å²) in [6, 6.07) is 0. The van der Waals surface area contributed by atoms with Crippen LogP contribution in [0.1, 0.15) is 0 Å². The van der Waals surface area contributed by atoms with Gasteiger partial charge in [0.25, 0.3) is 0 Å². The number of hydrogen-bond donors (Lipinski definition) is 2. The Kier molecular flexibility index (Phi) is 7.12. The molecule has 0 aliphatic rings. The lowest BCUT2D eigenvalue weighted by atomic mass is 10.1. The quantitative estimate of drug-likeness (QED) is 0.545. The monoisotopic (exact) mass is 194 g/mol. The molecular weight excluding hydrogens is 176 g/mol. The zero-order valence-corrected chi connectivity index (χ0v) is 8.27. The Balaban J connectivity index is 4.26. The molecule has 0 amide bonds. The first kappa shape index (κ1) is 12.8. The number of hydrogen-bond acceptors (Lipinski definition) is 5. The summed E-state index contributed by atoms with van der Waals surface area (Å²) < 4.78 is 15.0. The standard InChI is InChI=1S/C8H18O5/c1-11-6(4-9)8(13-3)7(5-10)12-2/h6-10H,4-5H2,1-3H3/t6-,7+,8?. The molecule has 0 aliphatic carbocycles. The van der Waals surface area contributed by atoms with Gasteiger partial charge in [0.1, 0.15) is 18.3 Å². The molecule has 2 N–H and O–H groups in total. The average molecular weight is 194 g/mol. The molecule has 0 saturated heterocycles. The second-order valence-corrected chi connectivity index (χ2v) is 2.61. The summed E-state index contributed by atoms with van der Waals surface area (Å²) in [7, 11) is 4.42. The van der Waals surface area contributed by atoms with E-state index in [1.165, 1.54) is 21.3 Å². The highest BCUT2D eigenvalue weighted by Crippen LogP contribution is 2.09. The number of rotatable bonds is 7. The minimum absolute atomic E-state index is 0.172. The molecule has 1 unspecified atom stereocenters. The summed E-state index contributed by atoms with van der Waals surface area (Å²) >= 11 is 0. The van der Waals surface area contributed by atoms with E-state index in [2.05, 4.69) is 0 Å². The molecule has 0 aromatic heterocycles. The average Bonchev–Trinajstić information content (AvgIpc) is 2.18. The van der Waals surface area contributed by atoms with Crippen LogP contribution >= 0.6 is 0 Å². The Morgan fingerprint density at radius 2 is 1.23 bits per heavy atom. The van der Waals surface area contributed by atoms with Crippen LogP contribution in [0, 0.1) is 0 Å². The molecule has 3 atom stereocenters. The van der Waals surface area contributed by atoms with Gasteiger partial charge in [-0.05, 0) is 0 Å². The van der Waals surface area contributed by atoms with Crippen LogP contribution in [0.5, 0.6) is 0 Å². The molecule has 13 heavy (non-hydrogen) atoms. The second-order valence-electron chi connectivity index (χ2n) is 2.61. The molecular formula is C8H18O5. The van der Waals surface area contributed by atoms with E-state index in [9.17, 15) is 0 Å². The van der Waals surface area contributed by atoms with E-state index in [1.54, 1.807) is 0 Å². The van der Waals surface area contributed by atoms with Gasteiger partial charge in [-0.3, -0.25) is 0 Å². The third-order valence-electron chi connectivity index (χ3n) is 1.97. The number of aliphatic hydroxyl groups is 2. The van der Waals surface area contributed by atoms with Crippen molar-refractivity contribution in [2.45, 2.75) is 18.3 Å². The second kappa shape index (κ2) is 7.23. The van der Waals surface area contributed by atoms with Gasteiger partial charge >= 0.3 is 0 Å². The molecule has 0 fully saturated rings. The Morgan fingerprint density at radius 1 is 0.846 bits per heavy atom. The smallest absolute Gasteiger partial charge is 0.114 e. The van der Waals surface area contributed by atoms with Crippen molar-refractivity contribution in [3.8, 4) is 0 Å². The Labute approximate surface area is 78.2 Å². The van der Waals surface area contributed by atoms with Crippen molar-refractivity contribution < 1.29 is 24.4 Å². The van der Waals surface area contributed by atoms with E-state index in [-0.39, 0.29) is 13.2 Å². The summed E-state index contributed by atoms with van der Waals surface area (Å²) in [4.78, 5) is 0. The SMILES string of the molecule is COC([C@H](CO)OC)[C@@H](CO)OC. The van der Waals surface area contributed by atoms with E-state index in [0.29, 0.717) is 0 Å². The lowest BCUT2D eigenvalue weighted by Gasteiger charge is -2.28. The number of methoxy groups -OCH3 is 3. The zero-order chi connectivity index (χ0) is 10.3. The lowest BCUT2D eigenvalue weighted by Crippen LogP contribution is -2.44.